The van der Waals surface area contributed by atoms with Gasteiger partial charge in [0.25, 0.3) is 0 Å². The molecule has 0 saturated carbocycles. The van der Waals surface area contributed by atoms with Gasteiger partial charge in [-0.15, -0.1) is 0 Å². The molecular formula is C15H17FN4O3. The van der Waals surface area contributed by atoms with E-state index in [9.17, 15) is 9.18 Å². The molecule has 2 heterocycles. The lowest BCUT2D eigenvalue weighted by Gasteiger charge is -2.26. The van der Waals surface area contributed by atoms with Crippen LogP contribution in [-0.2, 0) is 6.42 Å². The first kappa shape index (κ1) is 15.3. The normalized spacial score (nSPS) is 16.3. The number of hydrogen-bond acceptors (Lipinski definition) is 5. The summed E-state index contributed by atoms with van der Waals surface area (Å²) in [6.07, 6.45) is 1.04. The molecule has 0 saturated heterocycles. The number of urea groups is 1. The highest BCUT2D eigenvalue weighted by molar-refractivity contribution is 5.74. The van der Waals surface area contributed by atoms with Crippen molar-refractivity contribution in [3.63, 3.8) is 0 Å². The molecule has 0 radical (unpaired) electrons. The van der Waals surface area contributed by atoms with Crippen molar-refractivity contribution in [3.05, 3.63) is 41.3 Å². The van der Waals surface area contributed by atoms with E-state index in [1.54, 1.807) is 19.1 Å². The molecule has 0 aliphatic carbocycles. The quantitative estimate of drug-likeness (QED) is 0.898. The summed E-state index contributed by atoms with van der Waals surface area (Å²) in [4.78, 5) is 16.0. The molecule has 0 unspecified atom stereocenters. The van der Waals surface area contributed by atoms with Gasteiger partial charge in [0.05, 0.1) is 12.6 Å². The maximum Gasteiger partial charge on any atom is 0.315 e. The van der Waals surface area contributed by atoms with E-state index in [2.05, 4.69) is 20.8 Å². The fourth-order valence-corrected chi connectivity index (χ4v) is 2.47. The van der Waals surface area contributed by atoms with Crippen molar-refractivity contribution < 1.29 is 18.4 Å². The number of halogens is 1. The highest BCUT2D eigenvalue weighted by Gasteiger charge is 2.25. The van der Waals surface area contributed by atoms with Gasteiger partial charge in [0, 0.05) is 24.9 Å². The molecule has 2 aromatic rings. The molecule has 2 amide bonds. The van der Waals surface area contributed by atoms with Crippen LogP contribution in [0.2, 0.25) is 0 Å². The predicted molar refractivity (Wildman–Crippen MR) is 78.5 cm³/mol. The maximum absolute atomic E-state index is 13.7. The number of carbonyl (C=O) groups is 1. The number of carbonyl (C=O) groups excluding carboxylic acids is 1. The number of amides is 2. The summed E-state index contributed by atoms with van der Waals surface area (Å²) >= 11 is 0. The van der Waals surface area contributed by atoms with Gasteiger partial charge in [-0.05, 0) is 13.0 Å². The van der Waals surface area contributed by atoms with Crippen LogP contribution in [0.5, 0.6) is 5.75 Å². The SMILES string of the molecule is Cc1noc(CCNC(=O)N[C@H]2CCOc3c(F)cccc32)n1. The van der Waals surface area contributed by atoms with Crippen LogP contribution in [-0.4, -0.2) is 29.3 Å². The molecule has 3 rings (SSSR count). The molecule has 1 aliphatic rings. The number of hydrogen-bond donors (Lipinski definition) is 2. The predicted octanol–water partition coefficient (Wildman–Crippen LogP) is 1.88. The van der Waals surface area contributed by atoms with Gasteiger partial charge < -0.3 is 19.9 Å². The zero-order valence-corrected chi connectivity index (χ0v) is 12.6. The second kappa shape index (κ2) is 6.64. The summed E-state index contributed by atoms with van der Waals surface area (Å²) in [6.45, 7) is 2.46. The summed E-state index contributed by atoms with van der Waals surface area (Å²) in [5.74, 6) is 0.832. The van der Waals surface area contributed by atoms with Crippen molar-refractivity contribution in [1.29, 1.82) is 0 Å². The molecule has 7 nitrogen and oxygen atoms in total. The minimum Gasteiger partial charge on any atom is -0.490 e. The largest absolute Gasteiger partial charge is 0.490 e. The monoisotopic (exact) mass is 320 g/mol. The van der Waals surface area contributed by atoms with E-state index in [1.807, 2.05) is 0 Å². The highest BCUT2D eigenvalue weighted by atomic mass is 19.1. The number of ether oxygens (including phenoxy) is 1. The van der Waals surface area contributed by atoms with E-state index in [-0.39, 0.29) is 17.8 Å². The van der Waals surface area contributed by atoms with E-state index in [4.69, 9.17) is 9.26 Å². The third kappa shape index (κ3) is 3.58. The van der Waals surface area contributed by atoms with E-state index >= 15 is 0 Å². The van der Waals surface area contributed by atoms with Crippen LogP contribution in [0, 0.1) is 12.7 Å². The van der Waals surface area contributed by atoms with Crippen molar-refractivity contribution in [1.82, 2.24) is 20.8 Å². The van der Waals surface area contributed by atoms with Crippen molar-refractivity contribution in [2.75, 3.05) is 13.2 Å². The summed E-state index contributed by atoms with van der Waals surface area (Å²) < 4.78 is 24.0. The minimum absolute atomic E-state index is 0.213. The smallest absolute Gasteiger partial charge is 0.315 e. The van der Waals surface area contributed by atoms with E-state index in [1.165, 1.54) is 6.07 Å². The summed E-state index contributed by atoms with van der Waals surface area (Å²) in [5, 5.41) is 9.23. The van der Waals surface area contributed by atoms with Crippen LogP contribution in [0.15, 0.2) is 22.7 Å². The maximum atomic E-state index is 13.7. The van der Waals surface area contributed by atoms with Crippen molar-refractivity contribution in [2.45, 2.75) is 25.8 Å². The van der Waals surface area contributed by atoms with Crippen LogP contribution in [0.4, 0.5) is 9.18 Å². The van der Waals surface area contributed by atoms with Gasteiger partial charge >= 0.3 is 6.03 Å². The first-order valence-corrected chi connectivity index (χ1v) is 7.38. The molecule has 1 aromatic heterocycles. The molecule has 1 aliphatic heterocycles. The third-order valence-corrected chi connectivity index (χ3v) is 3.53. The topological polar surface area (TPSA) is 89.3 Å². The minimum atomic E-state index is -0.416. The Bertz CT molecular complexity index is 704. The molecule has 1 aromatic carbocycles. The number of nitrogens with zero attached hydrogens (tertiary/aromatic N) is 2. The van der Waals surface area contributed by atoms with Crippen molar-refractivity contribution >= 4 is 6.03 Å². The second-order valence-electron chi connectivity index (χ2n) is 5.23. The van der Waals surface area contributed by atoms with E-state index < -0.39 is 5.82 Å². The lowest BCUT2D eigenvalue weighted by molar-refractivity contribution is 0.219. The Morgan fingerprint density at radius 2 is 2.35 bits per heavy atom. The van der Waals surface area contributed by atoms with Gasteiger partial charge in [-0.25, -0.2) is 9.18 Å². The number of rotatable bonds is 4. The van der Waals surface area contributed by atoms with Gasteiger partial charge in [-0.3, -0.25) is 0 Å². The average molecular weight is 320 g/mol. The van der Waals surface area contributed by atoms with E-state index in [0.717, 1.165) is 0 Å². The summed E-state index contributed by atoms with van der Waals surface area (Å²) in [5.41, 5.74) is 0.652. The van der Waals surface area contributed by atoms with Crippen molar-refractivity contribution in [2.24, 2.45) is 0 Å². The van der Waals surface area contributed by atoms with Gasteiger partial charge in [0.1, 0.15) is 0 Å². The Morgan fingerprint density at radius 1 is 1.48 bits per heavy atom. The van der Waals surface area contributed by atoms with Gasteiger partial charge in [0.15, 0.2) is 17.4 Å². The molecule has 122 valence electrons. The standard InChI is InChI=1S/C15H17FN4O3/c1-9-18-13(23-20-9)5-7-17-15(21)19-12-6-8-22-14-10(12)3-2-4-11(14)16/h2-4,12H,5-8H2,1H3,(H2,17,19,21)/t12-/m0/s1. The fourth-order valence-electron chi connectivity index (χ4n) is 2.47. The second-order valence-corrected chi connectivity index (χ2v) is 5.23. The molecule has 23 heavy (non-hydrogen) atoms. The lowest BCUT2D eigenvalue weighted by atomic mass is 10.0. The first-order chi connectivity index (χ1) is 11.1. The van der Waals surface area contributed by atoms with E-state index in [0.29, 0.717) is 43.3 Å². The Balaban J connectivity index is 1.54. The Morgan fingerprint density at radius 3 is 3.13 bits per heavy atom. The Labute approximate surface area is 132 Å². The van der Waals surface area contributed by atoms with Crippen molar-refractivity contribution in [3.8, 4) is 5.75 Å². The molecule has 1 atom stereocenters. The number of fused-ring (bicyclic) bond motifs is 1. The van der Waals surface area contributed by atoms with Crippen LogP contribution in [0.1, 0.15) is 29.7 Å². The number of benzene rings is 1. The molecule has 0 spiro atoms. The zero-order valence-electron chi connectivity index (χ0n) is 12.6. The van der Waals surface area contributed by atoms with Crippen LogP contribution in [0.3, 0.4) is 0 Å². The number of aryl methyl sites for hydroxylation is 1. The molecule has 8 heteroatoms. The van der Waals surface area contributed by atoms with Crippen LogP contribution < -0.4 is 15.4 Å². The average Bonchev–Trinajstić information content (AvgIpc) is 2.94. The molecule has 0 bridgehead atoms. The van der Waals surface area contributed by atoms with Crippen LogP contribution >= 0.6 is 0 Å². The lowest BCUT2D eigenvalue weighted by Crippen LogP contribution is -2.40. The summed E-state index contributed by atoms with van der Waals surface area (Å²) in [7, 11) is 0. The zero-order chi connectivity index (χ0) is 16.2. The summed E-state index contributed by atoms with van der Waals surface area (Å²) in [6, 6.07) is 4.09. The molecule has 2 N–H and O–H groups in total. The van der Waals surface area contributed by atoms with Gasteiger partial charge in [0.2, 0.25) is 5.89 Å². The number of nitrogens with one attached hydrogen (secondary N) is 2. The molecular weight excluding hydrogens is 303 g/mol. The van der Waals surface area contributed by atoms with Gasteiger partial charge in [-0.2, -0.15) is 4.98 Å². The Hall–Kier alpha value is -2.64. The Kier molecular flexibility index (Phi) is 4.40. The third-order valence-electron chi connectivity index (χ3n) is 3.53. The molecule has 0 fully saturated rings. The fraction of sp³-hybridized carbons (Fsp3) is 0.400. The van der Waals surface area contributed by atoms with Crippen LogP contribution in [0.25, 0.3) is 0 Å². The number of aromatic nitrogens is 2. The highest BCUT2D eigenvalue weighted by Crippen LogP contribution is 2.33. The van der Waals surface area contributed by atoms with Gasteiger partial charge in [-0.1, -0.05) is 17.3 Å². The number of para-hydroxylation sites is 1. The first-order valence-electron chi connectivity index (χ1n) is 7.38.